The van der Waals surface area contributed by atoms with E-state index < -0.39 is 0 Å². The highest BCUT2D eigenvalue weighted by molar-refractivity contribution is 5.77. The van der Waals surface area contributed by atoms with E-state index >= 15 is 0 Å². The van der Waals surface area contributed by atoms with Crippen molar-refractivity contribution >= 4 is 5.91 Å². The lowest BCUT2D eigenvalue weighted by Crippen LogP contribution is -2.45. The maximum absolute atomic E-state index is 11.2. The van der Waals surface area contributed by atoms with Crippen molar-refractivity contribution < 1.29 is 4.79 Å². The van der Waals surface area contributed by atoms with E-state index in [1.54, 1.807) is 0 Å². The predicted molar refractivity (Wildman–Crippen MR) is 53.6 cm³/mol. The van der Waals surface area contributed by atoms with Crippen molar-refractivity contribution in [1.29, 1.82) is 0 Å². The maximum Gasteiger partial charge on any atom is 0.233 e. The summed E-state index contributed by atoms with van der Waals surface area (Å²) in [6.45, 7) is 5.33. The number of rotatable bonds is 4. The summed E-state index contributed by atoms with van der Waals surface area (Å²) in [4.78, 5) is 11.2. The molecule has 1 rings (SSSR count). The average molecular weight is 184 g/mol. The van der Waals surface area contributed by atoms with Crippen LogP contribution in [-0.2, 0) is 4.79 Å². The summed E-state index contributed by atoms with van der Waals surface area (Å²) in [6.07, 6.45) is 4.98. The van der Waals surface area contributed by atoms with Crippen LogP contribution in [0.4, 0.5) is 0 Å². The second-order valence-electron chi connectivity index (χ2n) is 4.07. The van der Waals surface area contributed by atoms with Crippen LogP contribution in [0.5, 0.6) is 0 Å². The fourth-order valence-corrected chi connectivity index (χ4v) is 1.89. The second kappa shape index (κ2) is 4.61. The maximum atomic E-state index is 11.2. The van der Waals surface area contributed by atoms with Crippen molar-refractivity contribution in [2.75, 3.05) is 13.1 Å². The highest BCUT2D eigenvalue weighted by Crippen LogP contribution is 2.28. The van der Waals surface area contributed by atoms with Gasteiger partial charge in [0, 0.05) is 12.1 Å². The first-order valence-electron chi connectivity index (χ1n) is 5.18. The molecule has 0 bridgehead atoms. The molecule has 3 heteroatoms. The number of amides is 1. The third-order valence-corrected chi connectivity index (χ3v) is 2.76. The monoisotopic (exact) mass is 184 g/mol. The molecule has 0 radical (unpaired) electrons. The van der Waals surface area contributed by atoms with E-state index in [9.17, 15) is 4.79 Å². The normalized spacial score (nSPS) is 20.2. The number of likely N-dealkylation sites (N-methyl/N-ethyl adjacent to an activating group) is 1. The van der Waals surface area contributed by atoms with Gasteiger partial charge in [0.05, 0.1) is 6.54 Å². The number of hydrogen-bond donors (Lipinski definition) is 2. The molecule has 0 aliphatic heterocycles. The Bertz CT molecular complexity index is 174. The molecule has 76 valence electrons. The van der Waals surface area contributed by atoms with Gasteiger partial charge in [0.1, 0.15) is 0 Å². The molecule has 0 aromatic rings. The molecule has 1 aliphatic carbocycles. The number of hydrogen-bond acceptors (Lipinski definition) is 2. The van der Waals surface area contributed by atoms with Gasteiger partial charge in [-0.2, -0.15) is 0 Å². The number of nitrogens with one attached hydrogen (secondary N) is 2. The Balaban J connectivity index is 2.21. The summed E-state index contributed by atoms with van der Waals surface area (Å²) >= 11 is 0. The molecular weight excluding hydrogens is 164 g/mol. The van der Waals surface area contributed by atoms with E-state index in [4.69, 9.17) is 0 Å². The molecule has 1 fully saturated rings. The predicted octanol–water partition coefficient (Wildman–Crippen LogP) is 1.04. The van der Waals surface area contributed by atoms with Gasteiger partial charge in [-0.05, 0) is 26.7 Å². The zero-order chi connectivity index (χ0) is 9.73. The van der Waals surface area contributed by atoms with E-state index in [-0.39, 0.29) is 11.4 Å². The van der Waals surface area contributed by atoms with Crippen LogP contribution >= 0.6 is 0 Å². The second-order valence-corrected chi connectivity index (χ2v) is 4.07. The zero-order valence-corrected chi connectivity index (χ0v) is 8.65. The Morgan fingerprint density at radius 1 is 1.38 bits per heavy atom. The zero-order valence-electron chi connectivity index (χ0n) is 8.65. The van der Waals surface area contributed by atoms with Crippen LogP contribution in [-0.4, -0.2) is 24.5 Å². The van der Waals surface area contributed by atoms with Gasteiger partial charge in [-0.1, -0.05) is 12.8 Å². The minimum atomic E-state index is 0.107. The van der Waals surface area contributed by atoms with Crippen molar-refractivity contribution in [3.05, 3.63) is 0 Å². The van der Waals surface area contributed by atoms with Crippen LogP contribution in [0.1, 0.15) is 39.5 Å². The molecule has 2 N–H and O–H groups in total. The van der Waals surface area contributed by atoms with E-state index in [1.807, 2.05) is 6.92 Å². The van der Waals surface area contributed by atoms with Crippen molar-refractivity contribution in [2.24, 2.45) is 0 Å². The molecule has 0 aromatic heterocycles. The van der Waals surface area contributed by atoms with E-state index in [2.05, 4.69) is 17.6 Å². The lowest BCUT2D eigenvalue weighted by Gasteiger charge is -2.24. The Morgan fingerprint density at radius 3 is 2.54 bits per heavy atom. The van der Waals surface area contributed by atoms with Gasteiger partial charge in [0.2, 0.25) is 5.91 Å². The lowest BCUT2D eigenvalue weighted by atomic mass is 10.0. The fourth-order valence-electron chi connectivity index (χ4n) is 1.89. The Morgan fingerprint density at radius 2 is 2.00 bits per heavy atom. The topological polar surface area (TPSA) is 41.1 Å². The first kappa shape index (κ1) is 10.5. The SMILES string of the molecule is CCNC(=O)CNC1(C)CCCC1. The molecular formula is C10H20N2O. The van der Waals surface area contributed by atoms with Gasteiger partial charge in [-0.3, -0.25) is 4.79 Å². The largest absolute Gasteiger partial charge is 0.355 e. The van der Waals surface area contributed by atoms with Gasteiger partial charge in [-0.25, -0.2) is 0 Å². The Hall–Kier alpha value is -0.570. The van der Waals surface area contributed by atoms with Crippen LogP contribution in [0.15, 0.2) is 0 Å². The fraction of sp³-hybridized carbons (Fsp3) is 0.900. The van der Waals surface area contributed by atoms with Crippen molar-refractivity contribution in [1.82, 2.24) is 10.6 Å². The van der Waals surface area contributed by atoms with Crippen molar-refractivity contribution in [3.63, 3.8) is 0 Å². The first-order valence-corrected chi connectivity index (χ1v) is 5.18. The molecule has 3 nitrogen and oxygen atoms in total. The third kappa shape index (κ3) is 3.35. The third-order valence-electron chi connectivity index (χ3n) is 2.76. The smallest absolute Gasteiger partial charge is 0.233 e. The highest BCUT2D eigenvalue weighted by Gasteiger charge is 2.28. The molecule has 0 spiro atoms. The Labute approximate surface area is 80.3 Å². The molecule has 0 atom stereocenters. The van der Waals surface area contributed by atoms with E-state index in [0.717, 1.165) is 6.54 Å². The van der Waals surface area contributed by atoms with Crippen LogP contribution in [0.3, 0.4) is 0 Å². The summed E-state index contributed by atoms with van der Waals surface area (Å²) in [5.41, 5.74) is 0.213. The lowest BCUT2D eigenvalue weighted by molar-refractivity contribution is -0.120. The van der Waals surface area contributed by atoms with Crippen LogP contribution in [0, 0.1) is 0 Å². The quantitative estimate of drug-likeness (QED) is 0.685. The molecule has 0 heterocycles. The molecule has 13 heavy (non-hydrogen) atoms. The van der Waals surface area contributed by atoms with Gasteiger partial charge in [0.25, 0.3) is 0 Å². The summed E-state index contributed by atoms with van der Waals surface area (Å²) in [5.74, 6) is 0.107. The molecule has 0 saturated heterocycles. The first-order chi connectivity index (χ1) is 6.16. The summed E-state index contributed by atoms with van der Waals surface area (Å²) in [5, 5.41) is 6.12. The molecule has 1 saturated carbocycles. The summed E-state index contributed by atoms with van der Waals surface area (Å²) in [7, 11) is 0. The van der Waals surface area contributed by atoms with Crippen LogP contribution in [0.2, 0.25) is 0 Å². The minimum absolute atomic E-state index is 0.107. The van der Waals surface area contributed by atoms with Crippen LogP contribution < -0.4 is 10.6 Å². The molecule has 1 aliphatic rings. The highest BCUT2D eigenvalue weighted by atomic mass is 16.1. The Kier molecular flexibility index (Phi) is 3.72. The minimum Gasteiger partial charge on any atom is -0.355 e. The molecule has 0 aromatic carbocycles. The van der Waals surface area contributed by atoms with E-state index in [1.165, 1.54) is 25.7 Å². The van der Waals surface area contributed by atoms with E-state index in [0.29, 0.717) is 6.54 Å². The summed E-state index contributed by atoms with van der Waals surface area (Å²) < 4.78 is 0. The van der Waals surface area contributed by atoms with Crippen LogP contribution in [0.25, 0.3) is 0 Å². The van der Waals surface area contributed by atoms with Crippen molar-refractivity contribution in [3.8, 4) is 0 Å². The van der Waals surface area contributed by atoms with Crippen molar-refractivity contribution in [2.45, 2.75) is 45.1 Å². The van der Waals surface area contributed by atoms with Gasteiger partial charge in [-0.15, -0.1) is 0 Å². The standard InChI is InChI=1S/C10H20N2O/c1-3-11-9(13)8-12-10(2)6-4-5-7-10/h12H,3-8H2,1-2H3,(H,11,13). The molecule has 0 unspecified atom stereocenters. The number of carbonyl (C=O) groups excluding carboxylic acids is 1. The van der Waals surface area contributed by atoms with Gasteiger partial charge in [0.15, 0.2) is 0 Å². The number of carbonyl (C=O) groups is 1. The summed E-state index contributed by atoms with van der Waals surface area (Å²) in [6, 6.07) is 0. The van der Waals surface area contributed by atoms with Gasteiger partial charge >= 0.3 is 0 Å². The van der Waals surface area contributed by atoms with Gasteiger partial charge < -0.3 is 10.6 Å². The molecule has 1 amide bonds. The average Bonchev–Trinajstić information content (AvgIpc) is 2.51.